The van der Waals surface area contributed by atoms with Crippen molar-refractivity contribution in [3.8, 4) is 0 Å². The normalized spacial score (nSPS) is 13.2. The summed E-state index contributed by atoms with van der Waals surface area (Å²) >= 11 is 0. The molecule has 0 bridgehead atoms. The third kappa shape index (κ3) is 4.29. The van der Waals surface area contributed by atoms with Crippen LogP contribution in [0.15, 0.2) is 23.1 Å². The van der Waals surface area contributed by atoms with E-state index in [0.29, 0.717) is 18.7 Å². The Morgan fingerprint density at radius 1 is 1.35 bits per heavy atom. The first-order valence-electron chi connectivity index (χ1n) is 6.32. The molecule has 1 amide bonds. The molecule has 0 saturated heterocycles. The summed E-state index contributed by atoms with van der Waals surface area (Å²) in [4.78, 5) is 11.3. The summed E-state index contributed by atoms with van der Waals surface area (Å²) in [5.41, 5.74) is 6.10. The summed E-state index contributed by atoms with van der Waals surface area (Å²) in [5.74, 6) is -0.473. The Kier molecular flexibility index (Phi) is 5.67. The van der Waals surface area contributed by atoms with Crippen LogP contribution in [-0.4, -0.2) is 34.5 Å². The number of carbonyl (C=O) groups excluding carboxylic acids is 1. The lowest BCUT2D eigenvalue weighted by Gasteiger charge is -2.13. The molecule has 1 unspecified atom stereocenters. The molecule has 4 N–H and O–H groups in total. The van der Waals surface area contributed by atoms with E-state index in [1.165, 1.54) is 12.1 Å². The van der Waals surface area contributed by atoms with E-state index in [2.05, 4.69) is 10.0 Å². The summed E-state index contributed by atoms with van der Waals surface area (Å²) < 4.78 is 26.8. The third-order valence-corrected chi connectivity index (χ3v) is 4.38. The van der Waals surface area contributed by atoms with E-state index < -0.39 is 15.9 Å². The highest BCUT2D eigenvalue weighted by atomic mass is 32.2. The van der Waals surface area contributed by atoms with Gasteiger partial charge in [-0.2, -0.15) is 0 Å². The second kappa shape index (κ2) is 6.83. The minimum absolute atomic E-state index is 0.0496. The van der Waals surface area contributed by atoms with Gasteiger partial charge in [0, 0.05) is 12.1 Å². The molecule has 0 fully saturated rings. The van der Waals surface area contributed by atoms with Crippen LogP contribution in [0.25, 0.3) is 0 Å². The van der Waals surface area contributed by atoms with E-state index in [1.54, 1.807) is 13.0 Å². The Balaban J connectivity index is 2.93. The minimum atomic E-state index is -3.63. The Morgan fingerprint density at radius 2 is 2.00 bits per heavy atom. The van der Waals surface area contributed by atoms with Crippen LogP contribution >= 0.6 is 0 Å². The number of aryl methyl sites for hydroxylation is 1. The first-order chi connectivity index (χ1) is 9.27. The van der Waals surface area contributed by atoms with Crippen LogP contribution in [0.2, 0.25) is 0 Å². The number of carbonyl (C=O) groups is 1. The van der Waals surface area contributed by atoms with Crippen molar-refractivity contribution in [3.63, 3.8) is 0 Å². The van der Waals surface area contributed by atoms with Crippen LogP contribution in [0, 0.1) is 12.8 Å². The molecular weight excluding hydrogens is 278 g/mol. The maximum absolute atomic E-state index is 12.1. The van der Waals surface area contributed by atoms with Crippen LogP contribution in [0.5, 0.6) is 0 Å². The lowest BCUT2D eigenvalue weighted by atomic mass is 10.1. The van der Waals surface area contributed by atoms with E-state index in [4.69, 9.17) is 5.73 Å². The number of nitrogens with one attached hydrogen (secondary N) is 2. The fourth-order valence-corrected chi connectivity index (χ4v) is 2.98. The molecule has 6 nitrogen and oxygen atoms in total. The molecule has 1 aromatic carbocycles. The molecule has 0 aliphatic carbocycles. The molecule has 112 valence electrons. The number of nitrogens with two attached hydrogens (primary N) is 1. The first kappa shape index (κ1) is 16.6. The zero-order valence-electron chi connectivity index (χ0n) is 11.9. The quantitative estimate of drug-likeness (QED) is 0.670. The predicted octanol–water partition coefficient (Wildman–Crippen LogP) is 0.228. The van der Waals surface area contributed by atoms with Gasteiger partial charge in [-0.05, 0) is 44.1 Å². The van der Waals surface area contributed by atoms with Gasteiger partial charge in [-0.25, -0.2) is 13.1 Å². The fraction of sp³-hybridized carbons (Fsp3) is 0.462. The van der Waals surface area contributed by atoms with E-state index in [-0.39, 0.29) is 16.4 Å². The van der Waals surface area contributed by atoms with E-state index in [1.807, 2.05) is 14.0 Å². The lowest BCUT2D eigenvalue weighted by Crippen LogP contribution is -2.32. The smallest absolute Gasteiger partial charge is 0.249 e. The van der Waals surface area contributed by atoms with Crippen molar-refractivity contribution in [2.45, 2.75) is 18.7 Å². The van der Waals surface area contributed by atoms with Crippen LogP contribution in [0.1, 0.15) is 22.8 Å². The number of primary amides is 1. The van der Waals surface area contributed by atoms with Crippen molar-refractivity contribution in [2.24, 2.45) is 11.7 Å². The monoisotopic (exact) mass is 299 g/mol. The highest BCUT2D eigenvalue weighted by Gasteiger charge is 2.17. The summed E-state index contributed by atoms with van der Waals surface area (Å²) in [6, 6.07) is 4.35. The third-order valence-electron chi connectivity index (χ3n) is 2.96. The highest BCUT2D eigenvalue weighted by molar-refractivity contribution is 7.89. The first-order valence-corrected chi connectivity index (χ1v) is 7.81. The summed E-state index contributed by atoms with van der Waals surface area (Å²) in [5, 5.41) is 2.98. The molecule has 0 aliphatic heterocycles. The van der Waals surface area contributed by atoms with Crippen LogP contribution < -0.4 is 15.8 Å². The predicted molar refractivity (Wildman–Crippen MR) is 78.0 cm³/mol. The maximum Gasteiger partial charge on any atom is 0.249 e. The second-order valence-corrected chi connectivity index (χ2v) is 6.62. The minimum Gasteiger partial charge on any atom is -0.366 e. The molecule has 1 rings (SSSR count). The number of rotatable bonds is 7. The van der Waals surface area contributed by atoms with E-state index in [0.717, 1.165) is 0 Å². The molecule has 0 spiro atoms. The van der Waals surface area contributed by atoms with Crippen molar-refractivity contribution < 1.29 is 13.2 Å². The molecule has 1 aromatic rings. The SMILES string of the molecule is CNCC(C)CNS(=O)(=O)c1ccc(C)c(C(N)=O)c1. The Hall–Kier alpha value is -1.44. The van der Waals surface area contributed by atoms with Crippen molar-refractivity contribution in [3.05, 3.63) is 29.3 Å². The van der Waals surface area contributed by atoms with Gasteiger partial charge in [-0.15, -0.1) is 0 Å². The molecule has 7 heteroatoms. The summed E-state index contributed by atoms with van der Waals surface area (Å²) in [6.07, 6.45) is 0. The number of sulfonamides is 1. The topological polar surface area (TPSA) is 101 Å². The van der Waals surface area contributed by atoms with Gasteiger partial charge in [-0.1, -0.05) is 13.0 Å². The van der Waals surface area contributed by atoms with Gasteiger partial charge in [0.1, 0.15) is 0 Å². The Labute approximate surface area is 119 Å². The Bertz CT molecular complexity index is 585. The fourth-order valence-electron chi connectivity index (χ4n) is 1.79. The molecule has 20 heavy (non-hydrogen) atoms. The average Bonchev–Trinajstić information content (AvgIpc) is 2.37. The van der Waals surface area contributed by atoms with Gasteiger partial charge < -0.3 is 11.1 Å². The van der Waals surface area contributed by atoms with Gasteiger partial charge in [-0.3, -0.25) is 4.79 Å². The largest absolute Gasteiger partial charge is 0.366 e. The second-order valence-electron chi connectivity index (χ2n) is 4.86. The van der Waals surface area contributed by atoms with Crippen molar-refractivity contribution in [1.29, 1.82) is 0 Å². The standard InChI is InChI=1S/C13H21N3O3S/c1-9(7-15-3)8-16-20(18,19)11-5-4-10(2)12(6-11)13(14)17/h4-6,9,15-16H,7-8H2,1-3H3,(H2,14,17). The van der Waals surface area contributed by atoms with Crippen molar-refractivity contribution in [2.75, 3.05) is 20.1 Å². The van der Waals surface area contributed by atoms with Crippen molar-refractivity contribution >= 4 is 15.9 Å². The van der Waals surface area contributed by atoms with E-state index >= 15 is 0 Å². The van der Waals surface area contributed by atoms with Gasteiger partial charge >= 0.3 is 0 Å². The lowest BCUT2D eigenvalue weighted by molar-refractivity contribution is 0.0999. The molecule has 0 saturated carbocycles. The van der Waals surface area contributed by atoms with E-state index in [9.17, 15) is 13.2 Å². The average molecular weight is 299 g/mol. The van der Waals surface area contributed by atoms with Gasteiger partial charge in [0.15, 0.2) is 0 Å². The van der Waals surface area contributed by atoms with Gasteiger partial charge in [0.05, 0.1) is 4.90 Å². The van der Waals surface area contributed by atoms with Gasteiger partial charge in [0.2, 0.25) is 15.9 Å². The van der Waals surface area contributed by atoms with Crippen LogP contribution in [-0.2, 0) is 10.0 Å². The van der Waals surface area contributed by atoms with Crippen LogP contribution in [0.4, 0.5) is 0 Å². The number of hydrogen-bond donors (Lipinski definition) is 3. The van der Waals surface area contributed by atoms with Crippen LogP contribution in [0.3, 0.4) is 0 Å². The summed E-state index contributed by atoms with van der Waals surface area (Å²) in [6.45, 7) is 4.67. The highest BCUT2D eigenvalue weighted by Crippen LogP contribution is 2.15. The molecular formula is C13H21N3O3S. The number of amides is 1. The van der Waals surface area contributed by atoms with Gasteiger partial charge in [0.25, 0.3) is 0 Å². The zero-order chi connectivity index (χ0) is 15.3. The number of hydrogen-bond acceptors (Lipinski definition) is 4. The Morgan fingerprint density at radius 3 is 2.55 bits per heavy atom. The molecule has 0 heterocycles. The molecule has 0 aromatic heterocycles. The summed E-state index contributed by atoms with van der Waals surface area (Å²) in [7, 11) is -1.82. The van der Waals surface area contributed by atoms with Crippen molar-refractivity contribution in [1.82, 2.24) is 10.0 Å². The molecule has 1 atom stereocenters. The zero-order valence-corrected chi connectivity index (χ0v) is 12.8. The maximum atomic E-state index is 12.1. The molecule has 0 aliphatic rings. The molecule has 0 radical (unpaired) electrons. The number of benzene rings is 1.